The van der Waals surface area contributed by atoms with Crippen LogP contribution in [0.15, 0.2) is 24.3 Å². The molecule has 0 atom stereocenters. The van der Waals surface area contributed by atoms with Gasteiger partial charge in [-0.3, -0.25) is 10.2 Å². The van der Waals surface area contributed by atoms with Crippen LogP contribution in [0.1, 0.15) is 22.8 Å². The summed E-state index contributed by atoms with van der Waals surface area (Å²) in [7, 11) is 0. The van der Waals surface area contributed by atoms with Gasteiger partial charge in [0.2, 0.25) is 0 Å². The van der Waals surface area contributed by atoms with Crippen LogP contribution in [0.25, 0.3) is 0 Å². The first-order chi connectivity index (χ1) is 6.24. The molecule has 76 valence electrons. The highest BCUT2D eigenvalue weighted by Gasteiger charge is 1.98. The fourth-order valence-electron chi connectivity index (χ4n) is 0.974. The lowest BCUT2D eigenvalue weighted by molar-refractivity contribution is 0.101. The Kier molecular flexibility index (Phi) is 5.56. The molecule has 0 aromatic heterocycles. The molecular formula is C10H12ClNO2. The van der Waals surface area contributed by atoms with Crippen LogP contribution in [0.4, 0.5) is 0 Å². The SMILES string of the molecule is CC(=O)c1ccc(COC=N)cc1.Cl. The Morgan fingerprint density at radius 2 is 2.00 bits per heavy atom. The molecule has 0 aliphatic carbocycles. The third kappa shape index (κ3) is 3.58. The van der Waals surface area contributed by atoms with Gasteiger partial charge in [-0.05, 0) is 12.5 Å². The fourth-order valence-corrected chi connectivity index (χ4v) is 0.974. The van der Waals surface area contributed by atoms with E-state index in [1.807, 2.05) is 12.1 Å². The van der Waals surface area contributed by atoms with E-state index in [2.05, 4.69) is 0 Å². The molecule has 0 unspecified atom stereocenters. The summed E-state index contributed by atoms with van der Waals surface area (Å²) >= 11 is 0. The highest BCUT2D eigenvalue weighted by molar-refractivity contribution is 5.93. The zero-order valence-electron chi connectivity index (χ0n) is 7.82. The molecule has 0 saturated carbocycles. The lowest BCUT2D eigenvalue weighted by atomic mass is 10.1. The molecule has 0 aliphatic rings. The molecule has 1 aromatic rings. The number of rotatable bonds is 4. The average Bonchev–Trinajstić information content (AvgIpc) is 2.15. The maximum absolute atomic E-state index is 10.9. The number of carbonyl (C=O) groups is 1. The van der Waals surface area contributed by atoms with Gasteiger partial charge in [0.15, 0.2) is 12.2 Å². The van der Waals surface area contributed by atoms with E-state index in [4.69, 9.17) is 10.1 Å². The van der Waals surface area contributed by atoms with Gasteiger partial charge in [-0.1, -0.05) is 24.3 Å². The van der Waals surface area contributed by atoms with Crippen molar-refractivity contribution < 1.29 is 9.53 Å². The summed E-state index contributed by atoms with van der Waals surface area (Å²) in [6, 6.07) is 7.15. The third-order valence-electron chi connectivity index (χ3n) is 1.69. The summed E-state index contributed by atoms with van der Waals surface area (Å²) in [4.78, 5) is 10.9. The number of hydrogen-bond acceptors (Lipinski definition) is 3. The standard InChI is InChI=1S/C10H11NO2.ClH/c1-8(12)10-4-2-9(3-5-10)6-13-7-11;/h2-5,7,11H,6H2,1H3;1H. The van der Waals surface area contributed by atoms with E-state index in [1.165, 1.54) is 6.92 Å². The zero-order valence-corrected chi connectivity index (χ0v) is 8.64. The van der Waals surface area contributed by atoms with Crippen LogP contribution in [-0.4, -0.2) is 12.2 Å². The number of halogens is 1. The number of ether oxygens (including phenoxy) is 1. The van der Waals surface area contributed by atoms with E-state index in [0.29, 0.717) is 12.2 Å². The first-order valence-corrected chi connectivity index (χ1v) is 3.94. The zero-order chi connectivity index (χ0) is 9.68. The van der Waals surface area contributed by atoms with Crippen molar-refractivity contribution in [2.24, 2.45) is 0 Å². The number of ketones is 1. The lowest BCUT2D eigenvalue weighted by Crippen LogP contribution is -1.94. The van der Waals surface area contributed by atoms with Gasteiger partial charge in [0.25, 0.3) is 0 Å². The molecule has 1 aromatic carbocycles. The Labute approximate surface area is 89.0 Å². The quantitative estimate of drug-likeness (QED) is 0.475. The monoisotopic (exact) mass is 213 g/mol. The topological polar surface area (TPSA) is 50.2 Å². The molecular weight excluding hydrogens is 202 g/mol. The van der Waals surface area contributed by atoms with Gasteiger partial charge < -0.3 is 4.74 Å². The molecule has 0 saturated heterocycles. The van der Waals surface area contributed by atoms with Gasteiger partial charge in [0.1, 0.15) is 6.61 Å². The Bertz CT molecular complexity index is 308. The van der Waals surface area contributed by atoms with Crippen LogP contribution >= 0.6 is 12.4 Å². The van der Waals surface area contributed by atoms with Crippen LogP contribution in [0.2, 0.25) is 0 Å². The van der Waals surface area contributed by atoms with E-state index in [0.717, 1.165) is 12.0 Å². The summed E-state index contributed by atoms with van der Waals surface area (Å²) in [6.45, 7) is 1.91. The molecule has 0 spiro atoms. The molecule has 3 nitrogen and oxygen atoms in total. The molecule has 0 radical (unpaired) electrons. The van der Waals surface area contributed by atoms with Crippen molar-refractivity contribution in [1.82, 2.24) is 0 Å². The number of carbonyl (C=O) groups excluding carboxylic acids is 1. The number of hydrogen-bond donors (Lipinski definition) is 1. The summed E-state index contributed by atoms with van der Waals surface area (Å²) in [5, 5.41) is 6.66. The molecule has 1 N–H and O–H groups in total. The smallest absolute Gasteiger partial charge is 0.167 e. The number of Topliss-reactive ketones (excluding diaryl/α,β-unsaturated/α-hetero) is 1. The largest absolute Gasteiger partial charge is 0.479 e. The molecule has 14 heavy (non-hydrogen) atoms. The number of nitrogens with one attached hydrogen (secondary N) is 1. The lowest BCUT2D eigenvalue weighted by Gasteiger charge is -2.00. The van der Waals surface area contributed by atoms with Gasteiger partial charge in [0.05, 0.1) is 0 Å². The second-order valence-electron chi connectivity index (χ2n) is 2.68. The van der Waals surface area contributed by atoms with Gasteiger partial charge in [-0.25, -0.2) is 0 Å². The van der Waals surface area contributed by atoms with Gasteiger partial charge in [0, 0.05) is 5.56 Å². The normalized spacial score (nSPS) is 8.64. The summed E-state index contributed by atoms with van der Waals surface area (Å²) in [6.07, 6.45) is 0.902. The van der Waals surface area contributed by atoms with Gasteiger partial charge in [-0.15, -0.1) is 12.4 Å². The van der Waals surface area contributed by atoms with Crippen molar-refractivity contribution in [3.8, 4) is 0 Å². The number of benzene rings is 1. The maximum Gasteiger partial charge on any atom is 0.167 e. The van der Waals surface area contributed by atoms with Crippen molar-refractivity contribution in [2.45, 2.75) is 13.5 Å². The van der Waals surface area contributed by atoms with Gasteiger partial charge >= 0.3 is 0 Å². The minimum Gasteiger partial charge on any atom is -0.479 e. The van der Waals surface area contributed by atoms with E-state index in [-0.39, 0.29) is 18.2 Å². The van der Waals surface area contributed by atoms with Crippen LogP contribution in [0.3, 0.4) is 0 Å². The molecule has 0 amide bonds. The fraction of sp³-hybridized carbons (Fsp3) is 0.200. The van der Waals surface area contributed by atoms with E-state index in [1.54, 1.807) is 12.1 Å². The molecule has 1 rings (SSSR count). The summed E-state index contributed by atoms with van der Waals surface area (Å²) in [5.74, 6) is 0.0551. The van der Waals surface area contributed by atoms with Crippen molar-refractivity contribution in [2.75, 3.05) is 0 Å². The molecule has 0 aliphatic heterocycles. The minimum absolute atomic E-state index is 0. The Balaban J connectivity index is 0.00000169. The summed E-state index contributed by atoms with van der Waals surface area (Å²) in [5.41, 5.74) is 1.65. The second-order valence-corrected chi connectivity index (χ2v) is 2.68. The second kappa shape index (κ2) is 6.16. The predicted molar refractivity (Wildman–Crippen MR) is 57.3 cm³/mol. The highest BCUT2D eigenvalue weighted by Crippen LogP contribution is 2.05. The van der Waals surface area contributed by atoms with Crippen molar-refractivity contribution in [3.05, 3.63) is 35.4 Å². The van der Waals surface area contributed by atoms with Crippen LogP contribution in [0.5, 0.6) is 0 Å². The Hall–Kier alpha value is -1.35. The molecule has 4 heteroatoms. The van der Waals surface area contributed by atoms with Crippen molar-refractivity contribution in [3.63, 3.8) is 0 Å². The minimum atomic E-state index is 0. The van der Waals surface area contributed by atoms with Crippen LogP contribution in [-0.2, 0) is 11.3 Å². The molecule has 0 bridgehead atoms. The van der Waals surface area contributed by atoms with Crippen molar-refractivity contribution >= 4 is 24.6 Å². The maximum atomic E-state index is 10.9. The highest BCUT2D eigenvalue weighted by atomic mass is 35.5. The first-order valence-electron chi connectivity index (χ1n) is 3.94. The first kappa shape index (κ1) is 12.7. The van der Waals surface area contributed by atoms with E-state index >= 15 is 0 Å². The molecule has 0 fully saturated rings. The summed E-state index contributed by atoms with van der Waals surface area (Å²) < 4.78 is 4.78. The Morgan fingerprint density at radius 1 is 1.43 bits per heavy atom. The van der Waals surface area contributed by atoms with E-state index in [9.17, 15) is 4.79 Å². The van der Waals surface area contributed by atoms with Gasteiger partial charge in [-0.2, -0.15) is 0 Å². The molecule has 0 heterocycles. The van der Waals surface area contributed by atoms with Crippen molar-refractivity contribution in [1.29, 1.82) is 5.41 Å². The Morgan fingerprint density at radius 3 is 2.43 bits per heavy atom. The van der Waals surface area contributed by atoms with E-state index < -0.39 is 0 Å². The van der Waals surface area contributed by atoms with Crippen LogP contribution < -0.4 is 0 Å². The van der Waals surface area contributed by atoms with Crippen LogP contribution in [0, 0.1) is 5.41 Å². The average molecular weight is 214 g/mol. The third-order valence-corrected chi connectivity index (χ3v) is 1.69. The predicted octanol–water partition coefficient (Wildman–Crippen LogP) is 2.43.